The standard InChI is InChI=1S/C14H19NO5S/c1-10-5-3-4-8-15(10)21(18,19)11-6-7-13(16)12(9-11)14(17)20-2/h6-7,9-10,16H,3-5,8H2,1-2H3. The number of rotatable bonds is 3. The second-order valence-corrected chi connectivity index (χ2v) is 7.02. The summed E-state index contributed by atoms with van der Waals surface area (Å²) in [6.07, 6.45) is 2.66. The molecule has 1 aliphatic rings. The fraction of sp³-hybridized carbons (Fsp3) is 0.500. The van der Waals surface area contributed by atoms with E-state index < -0.39 is 16.0 Å². The highest BCUT2D eigenvalue weighted by molar-refractivity contribution is 7.89. The van der Waals surface area contributed by atoms with Crippen LogP contribution in [0.3, 0.4) is 0 Å². The molecule has 1 unspecified atom stereocenters. The van der Waals surface area contributed by atoms with Crippen LogP contribution in [-0.2, 0) is 14.8 Å². The van der Waals surface area contributed by atoms with Gasteiger partial charge in [0.15, 0.2) is 0 Å². The Hall–Kier alpha value is -1.60. The molecule has 0 aromatic heterocycles. The van der Waals surface area contributed by atoms with E-state index in [-0.39, 0.29) is 22.3 Å². The fourth-order valence-electron chi connectivity index (χ4n) is 2.51. The van der Waals surface area contributed by atoms with Gasteiger partial charge >= 0.3 is 5.97 Å². The highest BCUT2D eigenvalue weighted by atomic mass is 32.2. The van der Waals surface area contributed by atoms with Gasteiger partial charge in [0.1, 0.15) is 11.3 Å². The molecule has 1 aliphatic heterocycles. The Morgan fingerprint density at radius 2 is 2.10 bits per heavy atom. The minimum Gasteiger partial charge on any atom is -0.507 e. The van der Waals surface area contributed by atoms with Crippen LogP contribution in [0.15, 0.2) is 23.1 Å². The topological polar surface area (TPSA) is 83.9 Å². The predicted molar refractivity (Wildman–Crippen MR) is 76.7 cm³/mol. The Morgan fingerprint density at radius 1 is 1.38 bits per heavy atom. The first-order valence-corrected chi connectivity index (χ1v) is 8.25. The molecular formula is C14H19NO5S. The Morgan fingerprint density at radius 3 is 2.71 bits per heavy atom. The second-order valence-electron chi connectivity index (χ2n) is 5.13. The molecule has 0 saturated carbocycles. The van der Waals surface area contributed by atoms with Gasteiger partial charge in [-0.25, -0.2) is 13.2 Å². The summed E-state index contributed by atoms with van der Waals surface area (Å²) in [7, 11) is -2.50. The number of esters is 1. The molecule has 1 fully saturated rings. The maximum absolute atomic E-state index is 12.7. The van der Waals surface area contributed by atoms with Crippen molar-refractivity contribution in [2.45, 2.75) is 37.1 Å². The Bertz CT molecular complexity index is 641. The summed E-state index contributed by atoms with van der Waals surface area (Å²) in [5.74, 6) is -1.07. The van der Waals surface area contributed by atoms with Gasteiger partial charge in [0.05, 0.1) is 12.0 Å². The number of phenols is 1. The normalized spacial score (nSPS) is 20.2. The lowest BCUT2D eigenvalue weighted by molar-refractivity contribution is 0.0597. The van der Waals surface area contributed by atoms with Crippen LogP contribution in [0.1, 0.15) is 36.5 Å². The molecule has 1 saturated heterocycles. The number of hydrogen-bond donors (Lipinski definition) is 1. The number of sulfonamides is 1. The van der Waals surface area contributed by atoms with Crippen molar-refractivity contribution >= 4 is 16.0 Å². The van der Waals surface area contributed by atoms with Gasteiger partial charge in [-0.2, -0.15) is 4.31 Å². The first-order valence-electron chi connectivity index (χ1n) is 6.81. The number of nitrogens with zero attached hydrogens (tertiary/aromatic N) is 1. The number of piperidine rings is 1. The lowest BCUT2D eigenvalue weighted by atomic mass is 10.1. The largest absolute Gasteiger partial charge is 0.507 e. The monoisotopic (exact) mass is 313 g/mol. The van der Waals surface area contributed by atoms with Crippen LogP contribution in [0.4, 0.5) is 0 Å². The van der Waals surface area contributed by atoms with Gasteiger partial charge in [0, 0.05) is 12.6 Å². The highest BCUT2D eigenvalue weighted by Gasteiger charge is 2.31. The first-order chi connectivity index (χ1) is 9.87. The van der Waals surface area contributed by atoms with E-state index in [0.717, 1.165) is 25.3 Å². The molecule has 1 atom stereocenters. The van der Waals surface area contributed by atoms with Crippen molar-refractivity contribution in [3.8, 4) is 5.75 Å². The van der Waals surface area contributed by atoms with Crippen LogP contribution < -0.4 is 0 Å². The quantitative estimate of drug-likeness (QED) is 0.859. The van der Waals surface area contributed by atoms with E-state index in [4.69, 9.17) is 0 Å². The first kappa shape index (κ1) is 15.8. The molecule has 1 heterocycles. The average molecular weight is 313 g/mol. The van der Waals surface area contributed by atoms with Gasteiger partial charge in [-0.1, -0.05) is 6.42 Å². The lowest BCUT2D eigenvalue weighted by Crippen LogP contribution is -2.41. The zero-order chi connectivity index (χ0) is 15.6. The molecule has 7 heteroatoms. The van der Waals surface area contributed by atoms with Gasteiger partial charge in [-0.05, 0) is 38.0 Å². The van der Waals surface area contributed by atoms with Crippen molar-refractivity contribution in [1.29, 1.82) is 0 Å². The lowest BCUT2D eigenvalue weighted by Gasteiger charge is -2.32. The molecule has 0 amide bonds. The van der Waals surface area contributed by atoms with E-state index in [1.54, 1.807) is 0 Å². The van der Waals surface area contributed by atoms with Crippen molar-refractivity contribution in [3.05, 3.63) is 23.8 Å². The molecule has 0 bridgehead atoms. The molecule has 0 spiro atoms. The van der Waals surface area contributed by atoms with Crippen LogP contribution in [0.5, 0.6) is 5.75 Å². The number of ether oxygens (including phenoxy) is 1. The van der Waals surface area contributed by atoms with Gasteiger partial charge in [-0.15, -0.1) is 0 Å². The molecule has 1 aromatic carbocycles. The number of methoxy groups -OCH3 is 1. The van der Waals surface area contributed by atoms with Crippen LogP contribution in [0.25, 0.3) is 0 Å². The molecule has 6 nitrogen and oxygen atoms in total. The van der Waals surface area contributed by atoms with Crippen molar-refractivity contribution in [2.24, 2.45) is 0 Å². The predicted octanol–water partition coefficient (Wildman–Crippen LogP) is 1.74. The van der Waals surface area contributed by atoms with Crippen LogP contribution >= 0.6 is 0 Å². The summed E-state index contributed by atoms with van der Waals surface area (Å²) in [6, 6.07) is 3.60. The third-order valence-electron chi connectivity index (χ3n) is 3.72. The number of phenolic OH excluding ortho intramolecular Hbond substituents is 1. The number of carbonyl (C=O) groups excluding carboxylic acids is 1. The van der Waals surface area contributed by atoms with E-state index in [1.807, 2.05) is 6.92 Å². The SMILES string of the molecule is COC(=O)c1cc(S(=O)(=O)N2CCCCC2C)ccc1O. The highest BCUT2D eigenvalue weighted by Crippen LogP contribution is 2.28. The van der Waals surface area contributed by atoms with Crippen molar-refractivity contribution in [2.75, 3.05) is 13.7 Å². The fourth-order valence-corrected chi connectivity index (χ4v) is 4.24. The van der Waals surface area contributed by atoms with Crippen LogP contribution in [0, 0.1) is 0 Å². The Balaban J connectivity index is 2.43. The van der Waals surface area contributed by atoms with E-state index in [2.05, 4.69) is 4.74 Å². The summed E-state index contributed by atoms with van der Waals surface area (Å²) in [4.78, 5) is 11.6. The maximum Gasteiger partial charge on any atom is 0.341 e. The second kappa shape index (κ2) is 6.03. The summed E-state index contributed by atoms with van der Waals surface area (Å²) < 4.78 is 31.3. The summed E-state index contributed by atoms with van der Waals surface area (Å²) in [6.45, 7) is 2.34. The maximum atomic E-state index is 12.7. The summed E-state index contributed by atoms with van der Waals surface area (Å²) in [5.41, 5.74) is -0.150. The molecule has 2 rings (SSSR count). The molecule has 1 N–H and O–H groups in total. The molecule has 0 radical (unpaired) electrons. The van der Waals surface area contributed by atoms with Crippen molar-refractivity contribution < 1.29 is 23.1 Å². The van der Waals surface area contributed by atoms with Crippen LogP contribution in [-0.4, -0.2) is 43.5 Å². The molecular weight excluding hydrogens is 294 g/mol. The van der Waals surface area contributed by atoms with E-state index >= 15 is 0 Å². The molecule has 116 valence electrons. The summed E-state index contributed by atoms with van der Waals surface area (Å²) >= 11 is 0. The zero-order valence-electron chi connectivity index (χ0n) is 12.1. The Labute approximate surface area is 124 Å². The summed E-state index contributed by atoms with van der Waals surface area (Å²) in [5, 5.41) is 9.66. The van der Waals surface area contributed by atoms with Gasteiger partial charge in [0.2, 0.25) is 10.0 Å². The number of hydrogen-bond acceptors (Lipinski definition) is 5. The van der Waals surface area contributed by atoms with E-state index in [0.29, 0.717) is 6.54 Å². The molecule has 0 aliphatic carbocycles. The smallest absolute Gasteiger partial charge is 0.341 e. The van der Waals surface area contributed by atoms with Gasteiger partial charge in [0.25, 0.3) is 0 Å². The van der Waals surface area contributed by atoms with Crippen molar-refractivity contribution in [1.82, 2.24) is 4.31 Å². The minimum atomic E-state index is -3.68. The molecule has 1 aromatic rings. The number of carbonyl (C=O) groups is 1. The van der Waals surface area contributed by atoms with Gasteiger partial charge < -0.3 is 9.84 Å². The van der Waals surface area contributed by atoms with E-state index in [1.165, 1.54) is 23.5 Å². The molecule has 21 heavy (non-hydrogen) atoms. The van der Waals surface area contributed by atoms with E-state index in [9.17, 15) is 18.3 Å². The number of benzene rings is 1. The minimum absolute atomic E-state index is 0.00514. The zero-order valence-corrected chi connectivity index (χ0v) is 12.9. The Kier molecular flexibility index (Phi) is 4.53. The van der Waals surface area contributed by atoms with Crippen molar-refractivity contribution in [3.63, 3.8) is 0 Å². The van der Waals surface area contributed by atoms with Gasteiger partial charge in [-0.3, -0.25) is 0 Å². The van der Waals surface area contributed by atoms with Crippen LogP contribution in [0.2, 0.25) is 0 Å². The number of aromatic hydroxyl groups is 1. The third-order valence-corrected chi connectivity index (χ3v) is 5.73. The third kappa shape index (κ3) is 3.03. The average Bonchev–Trinajstić information content (AvgIpc) is 2.47.